The van der Waals surface area contributed by atoms with Gasteiger partial charge >= 0.3 is 0 Å². The molecule has 0 amide bonds. The Balaban J connectivity index is 2.12. The number of para-hydroxylation sites is 1. The van der Waals surface area contributed by atoms with Gasteiger partial charge in [-0.05, 0) is 55.2 Å². The Hall–Kier alpha value is -1.61. The molecule has 0 aliphatic rings. The lowest BCUT2D eigenvalue weighted by atomic mass is 9.93. The van der Waals surface area contributed by atoms with Gasteiger partial charge in [0.25, 0.3) is 0 Å². The Morgan fingerprint density at radius 2 is 1.64 bits per heavy atom. The fourth-order valence-corrected chi connectivity index (χ4v) is 3.08. The first-order valence-electron chi connectivity index (χ1n) is 7.51. The second-order valence-electron chi connectivity index (χ2n) is 5.63. The molecule has 0 spiro atoms. The maximum atomic E-state index is 6.32. The van der Waals surface area contributed by atoms with E-state index in [9.17, 15) is 0 Å². The first-order chi connectivity index (χ1) is 10.6. The van der Waals surface area contributed by atoms with E-state index >= 15 is 0 Å². The maximum absolute atomic E-state index is 6.32. The average Bonchev–Trinajstić information content (AvgIpc) is 2.54. The summed E-state index contributed by atoms with van der Waals surface area (Å²) in [5.74, 6) is 2.90. The summed E-state index contributed by atoms with van der Waals surface area (Å²) < 4.78 is 11.5. The van der Waals surface area contributed by atoms with Gasteiger partial charge in [-0.15, -0.1) is 0 Å². The highest BCUT2D eigenvalue weighted by atomic mass is 32.2. The molecule has 0 aliphatic heterocycles. The minimum atomic E-state index is -0.209. The van der Waals surface area contributed by atoms with Gasteiger partial charge in [-0.2, -0.15) is 11.8 Å². The van der Waals surface area contributed by atoms with Crippen LogP contribution in [0.1, 0.15) is 18.9 Å². The molecule has 22 heavy (non-hydrogen) atoms. The number of hydrogen-bond acceptors (Lipinski definition) is 3. The zero-order chi connectivity index (χ0) is 15.8. The number of ether oxygens (including phenoxy) is 2. The molecule has 0 radical (unpaired) electrons. The van der Waals surface area contributed by atoms with Crippen LogP contribution in [-0.2, 0) is 6.42 Å². The smallest absolute Gasteiger partial charge is 0.120 e. The van der Waals surface area contributed by atoms with Crippen LogP contribution in [0.3, 0.4) is 0 Å². The van der Waals surface area contributed by atoms with Crippen LogP contribution >= 0.6 is 11.8 Å². The number of rotatable bonds is 8. The summed E-state index contributed by atoms with van der Waals surface area (Å²) in [5.41, 5.74) is 1.05. The predicted octanol–water partition coefficient (Wildman–Crippen LogP) is 4.83. The van der Waals surface area contributed by atoms with Crippen LogP contribution in [0.5, 0.6) is 11.5 Å². The molecule has 0 heterocycles. The highest BCUT2D eigenvalue weighted by Gasteiger charge is 2.26. The van der Waals surface area contributed by atoms with Crippen molar-refractivity contribution in [3.8, 4) is 11.5 Å². The summed E-state index contributed by atoms with van der Waals surface area (Å²) in [4.78, 5) is 0. The molecule has 2 aromatic carbocycles. The Kier molecular flexibility index (Phi) is 6.20. The normalized spacial score (nSPS) is 13.4. The summed E-state index contributed by atoms with van der Waals surface area (Å²) in [6, 6.07) is 18.3. The van der Waals surface area contributed by atoms with Crippen molar-refractivity contribution in [3.63, 3.8) is 0 Å². The van der Waals surface area contributed by atoms with E-state index in [0.29, 0.717) is 0 Å². The van der Waals surface area contributed by atoms with Gasteiger partial charge in [0, 0.05) is 6.42 Å². The van der Waals surface area contributed by atoms with Crippen LogP contribution in [0.4, 0.5) is 0 Å². The number of benzene rings is 2. The Morgan fingerprint density at radius 1 is 0.955 bits per heavy atom. The molecule has 1 unspecified atom stereocenters. The van der Waals surface area contributed by atoms with E-state index in [1.807, 2.05) is 54.2 Å². The van der Waals surface area contributed by atoms with E-state index in [1.54, 1.807) is 7.11 Å². The van der Waals surface area contributed by atoms with Gasteiger partial charge < -0.3 is 9.47 Å². The lowest BCUT2D eigenvalue weighted by Gasteiger charge is -2.31. The van der Waals surface area contributed by atoms with E-state index in [2.05, 4.69) is 25.3 Å². The highest BCUT2D eigenvalue weighted by Crippen LogP contribution is 2.27. The fourth-order valence-electron chi connectivity index (χ4n) is 2.44. The third kappa shape index (κ3) is 4.99. The molecule has 0 bridgehead atoms. The van der Waals surface area contributed by atoms with Crippen molar-refractivity contribution < 1.29 is 9.47 Å². The molecule has 0 fully saturated rings. The standard InChI is InChI=1S/C19H24O2S/c1-19(13-14-22-3,21-18-7-5-4-6-8-18)15-16-9-11-17(20-2)12-10-16/h4-12H,13-15H2,1-3H3. The van der Waals surface area contributed by atoms with E-state index < -0.39 is 0 Å². The molecule has 0 saturated carbocycles. The Labute approximate surface area is 137 Å². The molecule has 0 N–H and O–H groups in total. The van der Waals surface area contributed by atoms with Crippen LogP contribution in [-0.4, -0.2) is 24.7 Å². The quantitative estimate of drug-likeness (QED) is 0.695. The zero-order valence-electron chi connectivity index (χ0n) is 13.5. The van der Waals surface area contributed by atoms with Crippen molar-refractivity contribution in [1.29, 1.82) is 0 Å². The second-order valence-corrected chi connectivity index (χ2v) is 6.62. The SMILES string of the molecule is COc1ccc(CC(C)(CCSC)Oc2ccccc2)cc1. The fraction of sp³-hybridized carbons (Fsp3) is 0.368. The first-order valence-corrected chi connectivity index (χ1v) is 8.90. The average molecular weight is 316 g/mol. The van der Waals surface area contributed by atoms with Crippen molar-refractivity contribution in [2.24, 2.45) is 0 Å². The van der Waals surface area contributed by atoms with Crippen LogP contribution < -0.4 is 9.47 Å². The van der Waals surface area contributed by atoms with E-state index in [0.717, 1.165) is 30.1 Å². The predicted molar refractivity (Wildman–Crippen MR) is 95.2 cm³/mol. The largest absolute Gasteiger partial charge is 0.497 e. The first kappa shape index (κ1) is 16.8. The number of methoxy groups -OCH3 is 1. The van der Waals surface area contributed by atoms with Crippen molar-refractivity contribution in [2.45, 2.75) is 25.4 Å². The van der Waals surface area contributed by atoms with Gasteiger partial charge in [-0.3, -0.25) is 0 Å². The molecular weight excluding hydrogens is 292 g/mol. The molecule has 2 aromatic rings. The third-order valence-electron chi connectivity index (χ3n) is 3.68. The molecule has 0 saturated heterocycles. The van der Waals surface area contributed by atoms with Crippen molar-refractivity contribution in [3.05, 3.63) is 60.2 Å². The van der Waals surface area contributed by atoms with E-state index in [-0.39, 0.29) is 5.60 Å². The monoisotopic (exact) mass is 316 g/mol. The summed E-state index contributed by atoms with van der Waals surface area (Å²) in [7, 11) is 1.69. The van der Waals surface area contributed by atoms with Gasteiger partial charge in [0.15, 0.2) is 0 Å². The van der Waals surface area contributed by atoms with E-state index in [1.165, 1.54) is 5.56 Å². The van der Waals surface area contributed by atoms with Crippen molar-refractivity contribution in [2.75, 3.05) is 19.1 Å². The molecule has 0 aromatic heterocycles. The van der Waals surface area contributed by atoms with Gasteiger partial charge in [-0.25, -0.2) is 0 Å². The second kappa shape index (κ2) is 8.14. The van der Waals surface area contributed by atoms with Gasteiger partial charge in [0.1, 0.15) is 17.1 Å². The van der Waals surface area contributed by atoms with Gasteiger partial charge in [0.2, 0.25) is 0 Å². The summed E-state index contributed by atoms with van der Waals surface area (Å²) >= 11 is 1.86. The molecular formula is C19H24O2S. The maximum Gasteiger partial charge on any atom is 0.120 e. The Morgan fingerprint density at radius 3 is 2.23 bits per heavy atom. The minimum absolute atomic E-state index is 0.209. The third-order valence-corrected chi connectivity index (χ3v) is 4.29. The summed E-state index contributed by atoms with van der Waals surface area (Å²) in [6.07, 6.45) is 4.03. The van der Waals surface area contributed by atoms with Crippen LogP contribution in [0.15, 0.2) is 54.6 Å². The summed E-state index contributed by atoms with van der Waals surface area (Å²) in [5, 5.41) is 0. The van der Waals surface area contributed by atoms with Crippen LogP contribution in [0.25, 0.3) is 0 Å². The lowest BCUT2D eigenvalue weighted by molar-refractivity contribution is 0.0860. The molecule has 118 valence electrons. The molecule has 2 rings (SSSR count). The number of thioether (sulfide) groups is 1. The van der Waals surface area contributed by atoms with Gasteiger partial charge in [-0.1, -0.05) is 30.3 Å². The minimum Gasteiger partial charge on any atom is -0.497 e. The Bertz CT molecular complexity index is 553. The zero-order valence-corrected chi connectivity index (χ0v) is 14.4. The van der Waals surface area contributed by atoms with Crippen molar-refractivity contribution in [1.82, 2.24) is 0 Å². The van der Waals surface area contributed by atoms with Crippen molar-refractivity contribution >= 4 is 11.8 Å². The van der Waals surface area contributed by atoms with Crippen LogP contribution in [0.2, 0.25) is 0 Å². The van der Waals surface area contributed by atoms with Gasteiger partial charge in [0.05, 0.1) is 7.11 Å². The lowest BCUT2D eigenvalue weighted by Crippen LogP contribution is -2.35. The molecule has 0 aliphatic carbocycles. The van der Waals surface area contributed by atoms with E-state index in [4.69, 9.17) is 9.47 Å². The topological polar surface area (TPSA) is 18.5 Å². The van der Waals surface area contributed by atoms with Crippen LogP contribution in [0, 0.1) is 0 Å². The molecule has 1 atom stereocenters. The number of hydrogen-bond donors (Lipinski definition) is 0. The molecule has 2 nitrogen and oxygen atoms in total. The molecule has 3 heteroatoms. The highest BCUT2D eigenvalue weighted by molar-refractivity contribution is 7.98. The summed E-state index contributed by atoms with van der Waals surface area (Å²) in [6.45, 7) is 2.19.